The number of nitrogens with zero attached hydrogens (tertiary/aromatic N) is 1. The van der Waals surface area contributed by atoms with Crippen molar-refractivity contribution in [2.75, 3.05) is 0 Å². The van der Waals surface area contributed by atoms with Crippen LogP contribution in [0.1, 0.15) is 37.7 Å². The monoisotopic (exact) mass is 447 g/mol. The van der Waals surface area contributed by atoms with Gasteiger partial charge in [-0.15, -0.1) is 0 Å². The minimum atomic E-state index is -0.384. The van der Waals surface area contributed by atoms with Gasteiger partial charge in [0.1, 0.15) is 5.76 Å². The molecule has 0 N–H and O–H groups in total. The Morgan fingerprint density at radius 1 is 0.871 bits per heavy atom. The number of ketones is 2. The van der Waals surface area contributed by atoms with E-state index in [1.165, 1.54) is 18.2 Å². The fourth-order valence-electron chi connectivity index (χ4n) is 3.72. The lowest BCUT2D eigenvalue weighted by atomic mass is 10.1. The van der Waals surface area contributed by atoms with Crippen LogP contribution in [0.4, 0.5) is 0 Å². The van der Waals surface area contributed by atoms with Crippen LogP contribution in [0.5, 0.6) is 0 Å². The molecule has 2 aromatic heterocycles. The third-order valence-electron chi connectivity index (χ3n) is 5.36. The molecule has 0 unspecified atom stereocenters. The van der Waals surface area contributed by atoms with E-state index in [4.69, 9.17) is 27.6 Å². The molecule has 5 rings (SSSR count). The summed E-state index contributed by atoms with van der Waals surface area (Å²) in [6, 6.07) is 16.6. The van der Waals surface area contributed by atoms with E-state index in [2.05, 4.69) is 0 Å². The summed E-state index contributed by atoms with van der Waals surface area (Å²) in [4.78, 5) is 25.4. The van der Waals surface area contributed by atoms with E-state index in [9.17, 15) is 9.59 Å². The lowest BCUT2D eigenvalue weighted by Gasteiger charge is -1.98. The number of furan rings is 1. The van der Waals surface area contributed by atoms with Crippen LogP contribution in [0, 0.1) is 0 Å². The Bertz CT molecular complexity index is 1400. The van der Waals surface area contributed by atoms with Crippen LogP contribution < -0.4 is 0 Å². The van der Waals surface area contributed by atoms with E-state index >= 15 is 0 Å². The molecule has 4 nitrogen and oxygen atoms in total. The zero-order valence-corrected chi connectivity index (χ0v) is 17.9. The van der Waals surface area contributed by atoms with Crippen LogP contribution >= 0.6 is 23.2 Å². The number of aryl methyl sites for hydroxylation is 1. The number of hydrogen-bond acceptors (Lipinski definition) is 3. The normalized spacial score (nSPS) is 13.6. The fourth-order valence-corrected chi connectivity index (χ4v) is 4.04. The summed E-state index contributed by atoms with van der Waals surface area (Å²) in [5.41, 5.74) is 4.16. The Hall–Kier alpha value is -3.34. The molecule has 1 aliphatic carbocycles. The van der Waals surface area contributed by atoms with Gasteiger partial charge >= 0.3 is 0 Å². The van der Waals surface area contributed by atoms with Crippen molar-refractivity contribution in [3.8, 4) is 0 Å². The molecule has 0 aliphatic heterocycles. The number of allylic oxidation sites excluding steroid dienone is 1. The topological polar surface area (TPSA) is 52.2 Å². The molecule has 6 heteroatoms. The maximum Gasteiger partial charge on any atom is 0.197 e. The molecule has 0 fully saturated rings. The highest BCUT2D eigenvalue weighted by Gasteiger charge is 2.34. The van der Waals surface area contributed by atoms with Crippen LogP contribution in [0.25, 0.3) is 29.3 Å². The van der Waals surface area contributed by atoms with Crippen LogP contribution in [0.3, 0.4) is 0 Å². The van der Waals surface area contributed by atoms with E-state index in [-0.39, 0.29) is 38.3 Å². The Kier molecular flexibility index (Phi) is 4.69. The summed E-state index contributed by atoms with van der Waals surface area (Å²) in [5.74, 6) is -0.336. The molecule has 152 valence electrons. The summed E-state index contributed by atoms with van der Waals surface area (Å²) in [7, 11) is 1.94. The van der Waals surface area contributed by atoms with Crippen molar-refractivity contribution < 1.29 is 14.0 Å². The number of hydrogen-bond donors (Lipinski definition) is 0. The highest BCUT2D eigenvalue weighted by molar-refractivity contribution is 6.46. The first kappa shape index (κ1) is 19.6. The number of rotatable bonds is 3. The van der Waals surface area contributed by atoms with E-state index in [1.54, 1.807) is 0 Å². The molecule has 0 radical (unpaired) electrons. The SMILES string of the molecule is Cn1c(/C=C/c2ccccc2)cc2oc(C=C3C(=O)c4cc(Cl)c(Cl)cc4C3=O)cc21. The van der Waals surface area contributed by atoms with Gasteiger partial charge in [0.05, 0.1) is 21.1 Å². The first-order valence-electron chi connectivity index (χ1n) is 9.55. The van der Waals surface area contributed by atoms with Gasteiger partial charge in [-0.25, -0.2) is 0 Å². The maximum absolute atomic E-state index is 12.7. The van der Waals surface area contributed by atoms with E-state index in [0.29, 0.717) is 11.3 Å². The molecular weight excluding hydrogens is 433 g/mol. The van der Waals surface area contributed by atoms with Crippen LogP contribution in [0.2, 0.25) is 10.0 Å². The van der Waals surface area contributed by atoms with Crippen LogP contribution in [0.15, 0.2) is 64.6 Å². The largest absolute Gasteiger partial charge is 0.455 e. The van der Waals surface area contributed by atoms with Gasteiger partial charge in [-0.05, 0) is 29.8 Å². The number of benzene rings is 2. The Labute approximate surface area is 188 Å². The average molecular weight is 448 g/mol. The summed E-state index contributed by atoms with van der Waals surface area (Å²) in [5, 5.41) is 0.477. The standard InChI is InChI=1S/C25H15Cl2NO3/c1-28-15(8-7-14-5-3-2-4-6-14)9-23-22(28)11-16(31-23)10-19-24(29)17-12-20(26)21(27)13-18(17)25(19)30/h2-13H,1H3/b8-7+. The molecule has 0 spiro atoms. The third kappa shape index (κ3) is 3.34. The summed E-state index contributed by atoms with van der Waals surface area (Å²) < 4.78 is 7.89. The number of aromatic nitrogens is 1. The Balaban J connectivity index is 1.48. The highest BCUT2D eigenvalue weighted by Crippen LogP contribution is 2.35. The van der Waals surface area contributed by atoms with E-state index < -0.39 is 0 Å². The fraction of sp³-hybridized carbons (Fsp3) is 0.0400. The number of carbonyl (C=O) groups excluding carboxylic acids is 2. The third-order valence-corrected chi connectivity index (χ3v) is 6.08. The predicted octanol–water partition coefficient (Wildman–Crippen LogP) is 6.71. The Morgan fingerprint density at radius 3 is 2.13 bits per heavy atom. The van der Waals surface area contributed by atoms with Crippen molar-refractivity contribution in [2.24, 2.45) is 7.05 Å². The summed E-state index contributed by atoms with van der Waals surface area (Å²) in [6.07, 6.45) is 5.52. The zero-order valence-electron chi connectivity index (χ0n) is 16.4. The molecule has 0 saturated heterocycles. The molecule has 31 heavy (non-hydrogen) atoms. The number of Topliss-reactive ketones (excluding diaryl/α,β-unsaturated/α-hetero) is 2. The second-order valence-electron chi connectivity index (χ2n) is 7.30. The minimum Gasteiger partial charge on any atom is -0.455 e. The second-order valence-corrected chi connectivity index (χ2v) is 8.11. The van der Waals surface area contributed by atoms with Gasteiger partial charge in [-0.3, -0.25) is 9.59 Å². The smallest absolute Gasteiger partial charge is 0.197 e. The van der Waals surface area contributed by atoms with Gasteiger partial charge in [0.25, 0.3) is 0 Å². The first-order chi connectivity index (χ1) is 14.9. The van der Waals surface area contributed by atoms with E-state index in [1.807, 2.05) is 66.2 Å². The van der Waals surface area contributed by atoms with Gasteiger partial charge in [-0.1, -0.05) is 59.6 Å². The number of halogens is 2. The lowest BCUT2D eigenvalue weighted by Crippen LogP contribution is -1.99. The van der Waals surface area contributed by atoms with Gasteiger partial charge < -0.3 is 8.98 Å². The quantitative estimate of drug-likeness (QED) is 0.259. The van der Waals surface area contributed by atoms with Crippen LogP contribution in [-0.4, -0.2) is 16.1 Å². The maximum atomic E-state index is 12.7. The van der Waals surface area contributed by atoms with Crippen molar-refractivity contribution >= 4 is 64.1 Å². The van der Waals surface area contributed by atoms with Crippen molar-refractivity contribution in [3.05, 3.63) is 98.4 Å². The molecule has 0 saturated carbocycles. The molecule has 2 aromatic carbocycles. The molecule has 0 bridgehead atoms. The minimum absolute atomic E-state index is 0.0385. The molecule has 2 heterocycles. The number of carbonyl (C=O) groups is 2. The highest BCUT2D eigenvalue weighted by atomic mass is 35.5. The lowest BCUT2D eigenvalue weighted by molar-refractivity contribution is 0.0990. The molecule has 4 aromatic rings. The van der Waals surface area contributed by atoms with E-state index in [0.717, 1.165) is 16.8 Å². The van der Waals surface area contributed by atoms with Crippen molar-refractivity contribution in [2.45, 2.75) is 0 Å². The molecule has 1 aliphatic rings. The van der Waals surface area contributed by atoms with Crippen molar-refractivity contribution in [1.29, 1.82) is 0 Å². The molecule has 0 amide bonds. The van der Waals surface area contributed by atoms with Gasteiger partial charge in [0, 0.05) is 36.0 Å². The molecule has 0 atom stereocenters. The molecular formula is C25H15Cl2NO3. The van der Waals surface area contributed by atoms with Gasteiger partial charge in [-0.2, -0.15) is 0 Å². The Morgan fingerprint density at radius 2 is 1.52 bits per heavy atom. The summed E-state index contributed by atoms with van der Waals surface area (Å²) >= 11 is 12.0. The van der Waals surface area contributed by atoms with Crippen molar-refractivity contribution in [1.82, 2.24) is 4.57 Å². The number of fused-ring (bicyclic) bond motifs is 2. The predicted molar refractivity (Wildman–Crippen MR) is 124 cm³/mol. The zero-order chi connectivity index (χ0) is 21.7. The second kappa shape index (κ2) is 7.41. The van der Waals surface area contributed by atoms with Crippen LogP contribution in [-0.2, 0) is 7.05 Å². The van der Waals surface area contributed by atoms with Gasteiger partial charge in [0.2, 0.25) is 0 Å². The first-order valence-corrected chi connectivity index (χ1v) is 10.3. The summed E-state index contributed by atoms with van der Waals surface area (Å²) in [6.45, 7) is 0. The van der Waals surface area contributed by atoms with Crippen molar-refractivity contribution in [3.63, 3.8) is 0 Å². The average Bonchev–Trinajstić information content (AvgIpc) is 3.36. The van der Waals surface area contributed by atoms with Gasteiger partial charge in [0.15, 0.2) is 17.1 Å².